The van der Waals surface area contributed by atoms with Gasteiger partial charge in [0.1, 0.15) is 0 Å². The van der Waals surface area contributed by atoms with Gasteiger partial charge in [-0.25, -0.2) is 4.39 Å². The van der Waals surface area contributed by atoms with Crippen molar-refractivity contribution < 1.29 is 9.13 Å². The number of likely N-dealkylation sites (N-methyl/N-ethyl adjacent to an activating group) is 1. The minimum absolute atomic E-state index is 0.0143. The standard InChI is InChI=1S/C11H14FN3O/c1-15-9(6-14-11(15)13)7-3-4-10(16-2)8(12)5-7/h3-5,9H,6H2,1-2H3,(H2,13,14). The van der Waals surface area contributed by atoms with Gasteiger partial charge in [0.05, 0.1) is 19.7 Å². The number of halogens is 1. The average Bonchev–Trinajstić information content (AvgIpc) is 2.60. The van der Waals surface area contributed by atoms with Crippen LogP contribution >= 0.6 is 0 Å². The highest BCUT2D eigenvalue weighted by atomic mass is 19.1. The molecule has 0 fully saturated rings. The Labute approximate surface area is 93.5 Å². The summed E-state index contributed by atoms with van der Waals surface area (Å²) in [6.07, 6.45) is 0. The Morgan fingerprint density at radius 1 is 1.56 bits per heavy atom. The summed E-state index contributed by atoms with van der Waals surface area (Å²) in [5, 5.41) is 0. The van der Waals surface area contributed by atoms with Crippen molar-refractivity contribution in [2.24, 2.45) is 10.7 Å². The lowest BCUT2D eigenvalue weighted by molar-refractivity contribution is 0.381. The second kappa shape index (κ2) is 4.00. The van der Waals surface area contributed by atoms with Gasteiger partial charge in [-0.3, -0.25) is 4.99 Å². The largest absolute Gasteiger partial charge is 0.494 e. The lowest BCUT2D eigenvalue weighted by Gasteiger charge is -2.21. The molecule has 5 heteroatoms. The van der Waals surface area contributed by atoms with Gasteiger partial charge in [-0.15, -0.1) is 0 Å². The van der Waals surface area contributed by atoms with Crippen LogP contribution in [0.1, 0.15) is 11.6 Å². The molecule has 0 saturated carbocycles. The average molecular weight is 223 g/mol. The lowest BCUT2D eigenvalue weighted by Crippen LogP contribution is -2.32. The van der Waals surface area contributed by atoms with Crippen LogP contribution in [0.5, 0.6) is 5.75 Å². The van der Waals surface area contributed by atoms with Crippen LogP contribution in [0.4, 0.5) is 4.39 Å². The van der Waals surface area contributed by atoms with E-state index in [4.69, 9.17) is 10.5 Å². The minimum Gasteiger partial charge on any atom is -0.494 e. The van der Waals surface area contributed by atoms with Crippen molar-refractivity contribution >= 4 is 5.96 Å². The number of methoxy groups -OCH3 is 1. The third-order valence-electron chi connectivity index (χ3n) is 2.82. The fourth-order valence-corrected chi connectivity index (χ4v) is 1.79. The molecule has 0 spiro atoms. The van der Waals surface area contributed by atoms with Crippen molar-refractivity contribution in [3.63, 3.8) is 0 Å². The highest BCUT2D eigenvalue weighted by Gasteiger charge is 2.24. The fourth-order valence-electron chi connectivity index (χ4n) is 1.79. The topological polar surface area (TPSA) is 50.9 Å². The number of hydrogen-bond donors (Lipinski definition) is 1. The van der Waals surface area contributed by atoms with Gasteiger partial charge in [-0.1, -0.05) is 6.07 Å². The predicted octanol–water partition coefficient (Wildman–Crippen LogP) is 1.14. The summed E-state index contributed by atoms with van der Waals surface area (Å²) in [7, 11) is 3.29. The molecule has 2 N–H and O–H groups in total. The lowest BCUT2D eigenvalue weighted by atomic mass is 10.1. The van der Waals surface area contributed by atoms with E-state index in [9.17, 15) is 4.39 Å². The van der Waals surface area contributed by atoms with E-state index in [0.717, 1.165) is 5.56 Å². The quantitative estimate of drug-likeness (QED) is 0.817. The molecule has 1 aliphatic rings. The molecule has 1 aromatic rings. The van der Waals surface area contributed by atoms with E-state index in [1.54, 1.807) is 6.07 Å². The monoisotopic (exact) mass is 223 g/mol. The van der Waals surface area contributed by atoms with E-state index in [0.29, 0.717) is 12.5 Å². The summed E-state index contributed by atoms with van der Waals surface area (Å²) < 4.78 is 18.4. The van der Waals surface area contributed by atoms with Gasteiger partial charge in [0, 0.05) is 7.05 Å². The Bertz CT molecular complexity index is 433. The van der Waals surface area contributed by atoms with Crippen LogP contribution < -0.4 is 10.5 Å². The summed E-state index contributed by atoms with van der Waals surface area (Å²) in [6.45, 7) is 0.564. The number of nitrogens with two attached hydrogens (primary N) is 1. The van der Waals surface area contributed by atoms with E-state index in [-0.39, 0.29) is 17.6 Å². The molecule has 16 heavy (non-hydrogen) atoms. The molecule has 1 aromatic carbocycles. The van der Waals surface area contributed by atoms with Gasteiger partial charge >= 0.3 is 0 Å². The molecular weight excluding hydrogens is 209 g/mol. The summed E-state index contributed by atoms with van der Waals surface area (Å²) in [6, 6.07) is 4.93. The summed E-state index contributed by atoms with van der Waals surface area (Å²) in [5.74, 6) is 0.374. The maximum atomic E-state index is 13.5. The van der Waals surface area contributed by atoms with Crippen molar-refractivity contribution in [1.82, 2.24) is 4.90 Å². The van der Waals surface area contributed by atoms with Crippen LogP contribution in [0, 0.1) is 5.82 Å². The first-order valence-electron chi connectivity index (χ1n) is 4.99. The third-order valence-corrected chi connectivity index (χ3v) is 2.82. The molecule has 0 saturated heterocycles. The normalized spacial score (nSPS) is 19.8. The van der Waals surface area contributed by atoms with Gasteiger partial charge in [0.2, 0.25) is 0 Å². The Morgan fingerprint density at radius 2 is 2.31 bits per heavy atom. The Balaban J connectivity index is 2.26. The van der Waals surface area contributed by atoms with Crippen LogP contribution in [0.2, 0.25) is 0 Å². The summed E-state index contributed by atoms with van der Waals surface area (Å²) >= 11 is 0. The zero-order valence-electron chi connectivity index (χ0n) is 9.27. The molecule has 2 rings (SSSR count). The first-order chi connectivity index (χ1) is 7.63. The molecule has 0 amide bonds. The second-order valence-electron chi connectivity index (χ2n) is 3.72. The van der Waals surface area contributed by atoms with Gasteiger partial charge in [-0.05, 0) is 17.7 Å². The van der Waals surface area contributed by atoms with Gasteiger partial charge in [0.15, 0.2) is 17.5 Å². The smallest absolute Gasteiger partial charge is 0.191 e. The zero-order valence-corrected chi connectivity index (χ0v) is 9.27. The summed E-state index contributed by atoms with van der Waals surface area (Å²) in [5.41, 5.74) is 6.51. The fraction of sp³-hybridized carbons (Fsp3) is 0.364. The first-order valence-corrected chi connectivity index (χ1v) is 4.99. The molecule has 0 aromatic heterocycles. The maximum Gasteiger partial charge on any atom is 0.191 e. The molecule has 1 unspecified atom stereocenters. The van der Waals surface area contributed by atoms with Crippen LogP contribution in [-0.2, 0) is 0 Å². The number of nitrogens with zero attached hydrogens (tertiary/aromatic N) is 2. The Kier molecular flexibility index (Phi) is 2.68. The van der Waals surface area contributed by atoms with E-state index in [2.05, 4.69) is 4.99 Å². The molecule has 0 aliphatic carbocycles. The van der Waals surface area contributed by atoms with Gasteiger partial charge in [-0.2, -0.15) is 0 Å². The molecule has 0 bridgehead atoms. The van der Waals surface area contributed by atoms with Crippen molar-refractivity contribution in [3.8, 4) is 5.75 Å². The molecule has 1 atom stereocenters. The molecular formula is C11H14FN3O. The van der Waals surface area contributed by atoms with Gasteiger partial charge < -0.3 is 15.4 Å². The van der Waals surface area contributed by atoms with E-state index < -0.39 is 0 Å². The minimum atomic E-state index is -0.362. The highest BCUT2D eigenvalue weighted by Crippen LogP contribution is 2.27. The first kappa shape index (κ1) is 10.7. The van der Waals surface area contributed by atoms with Crippen molar-refractivity contribution in [2.75, 3.05) is 20.7 Å². The number of guanidine groups is 1. The predicted molar refractivity (Wildman–Crippen MR) is 59.9 cm³/mol. The zero-order chi connectivity index (χ0) is 11.7. The molecule has 0 radical (unpaired) electrons. The number of benzene rings is 1. The molecule has 1 aliphatic heterocycles. The van der Waals surface area contributed by atoms with Crippen LogP contribution in [0.15, 0.2) is 23.2 Å². The SMILES string of the molecule is COc1ccc(C2CN=C(N)N2C)cc1F. The highest BCUT2D eigenvalue weighted by molar-refractivity contribution is 5.80. The molecule has 4 nitrogen and oxygen atoms in total. The van der Waals surface area contributed by atoms with E-state index in [1.165, 1.54) is 13.2 Å². The molecule has 1 heterocycles. The number of ether oxygens (including phenoxy) is 1. The van der Waals surface area contributed by atoms with Crippen LogP contribution in [0.25, 0.3) is 0 Å². The Hall–Kier alpha value is -1.78. The van der Waals surface area contributed by atoms with Crippen LogP contribution in [-0.4, -0.2) is 31.6 Å². The number of aliphatic imine (C=N–C) groups is 1. The third kappa shape index (κ3) is 1.68. The maximum absolute atomic E-state index is 13.5. The van der Waals surface area contributed by atoms with Crippen molar-refractivity contribution in [3.05, 3.63) is 29.6 Å². The second-order valence-corrected chi connectivity index (χ2v) is 3.72. The van der Waals surface area contributed by atoms with Crippen molar-refractivity contribution in [1.29, 1.82) is 0 Å². The number of rotatable bonds is 2. The van der Waals surface area contributed by atoms with Crippen molar-refractivity contribution in [2.45, 2.75) is 6.04 Å². The Morgan fingerprint density at radius 3 is 2.81 bits per heavy atom. The van der Waals surface area contributed by atoms with Crippen LogP contribution in [0.3, 0.4) is 0 Å². The van der Waals surface area contributed by atoms with E-state index in [1.807, 2.05) is 18.0 Å². The number of hydrogen-bond acceptors (Lipinski definition) is 4. The van der Waals surface area contributed by atoms with Gasteiger partial charge in [0.25, 0.3) is 0 Å². The summed E-state index contributed by atoms with van der Waals surface area (Å²) in [4.78, 5) is 5.95. The van der Waals surface area contributed by atoms with E-state index >= 15 is 0 Å². The molecule has 86 valence electrons.